The van der Waals surface area contributed by atoms with Crippen molar-refractivity contribution in [1.29, 1.82) is 0 Å². The monoisotopic (exact) mass is 292 g/mol. The zero-order valence-electron chi connectivity index (χ0n) is 9.87. The fourth-order valence-corrected chi connectivity index (χ4v) is 2.10. The van der Waals surface area contributed by atoms with E-state index in [0.29, 0.717) is 10.1 Å². The molecule has 0 atom stereocenters. The van der Waals surface area contributed by atoms with Gasteiger partial charge in [-0.05, 0) is 11.8 Å². The van der Waals surface area contributed by atoms with Crippen LogP contribution in [-0.4, -0.2) is 30.9 Å². The molecule has 0 saturated heterocycles. The Balaban J connectivity index is 2.44. The number of nitro groups is 1. The summed E-state index contributed by atoms with van der Waals surface area (Å²) in [6.45, 7) is 0. The average Bonchev–Trinajstić information content (AvgIpc) is 2.47. The molecule has 2 aromatic rings. The van der Waals surface area contributed by atoms with Gasteiger partial charge in [0, 0.05) is 18.5 Å². The number of amidine groups is 1. The topological polar surface area (TPSA) is 140 Å². The van der Waals surface area contributed by atoms with Crippen LogP contribution < -0.4 is 5.73 Å². The summed E-state index contributed by atoms with van der Waals surface area (Å²) in [6.07, 6.45) is 5.60. The largest absolute Gasteiger partial charge is 0.409 e. The maximum atomic E-state index is 10.7. The minimum Gasteiger partial charge on any atom is -0.409 e. The first-order chi connectivity index (χ1) is 9.61. The maximum Gasteiger partial charge on any atom is 0.288 e. The van der Waals surface area contributed by atoms with Crippen LogP contribution in [0.25, 0.3) is 0 Å². The maximum absolute atomic E-state index is 10.7. The first-order valence-electron chi connectivity index (χ1n) is 5.18. The van der Waals surface area contributed by atoms with Gasteiger partial charge in [0.2, 0.25) is 0 Å². The summed E-state index contributed by atoms with van der Waals surface area (Å²) in [5.41, 5.74) is 5.40. The number of nitrogens with zero attached hydrogens (tertiary/aromatic N) is 5. The molecule has 2 heterocycles. The number of hydrogen-bond donors (Lipinski definition) is 2. The van der Waals surface area contributed by atoms with E-state index in [1.54, 1.807) is 0 Å². The molecule has 0 aromatic carbocycles. The van der Waals surface area contributed by atoms with Crippen LogP contribution >= 0.6 is 11.8 Å². The Labute approximate surface area is 116 Å². The van der Waals surface area contributed by atoms with Crippen LogP contribution in [0, 0.1) is 10.1 Å². The minimum atomic E-state index is -0.613. The highest BCUT2D eigenvalue weighted by Gasteiger charge is 2.16. The highest BCUT2D eigenvalue weighted by molar-refractivity contribution is 7.99. The molecule has 102 valence electrons. The van der Waals surface area contributed by atoms with E-state index in [1.807, 2.05) is 0 Å². The van der Waals surface area contributed by atoms with Gasteiger partial charge >= 0.3 is 0 Å². The molecule has 0 unspecified atom stereocenters. The Morgan fingerprint density at radius 1 is 1.40 bits per heavy atom. The fourth-order valence-electron chi connectivity index (χ4n) is 1.30. The molecule has 0 spiro atoms. The molecule has 0 amide bonds. The van der Waals surface area contributed by atoms with Gasteiger partial charge in [0.15, 0.2) is 5.84 Å². The predicted molar refractivity (Wildman–Crippen MR) is 69.6 cm³/mol. The molecule has 0 aliphatic carbocycles. The molecule has 0 fully saturated rings. The molecule has 9 nitrogen and oxygen atoms in total. The molecular formula is C10H8N6O3S. The molecule has 10 heteroatoms. The lowest BCUT2D eigenvalue weighted by atomic mass is 10.2. The van der Waals surface area contributed by atoms with Crippen molar-refractivity contribution in [2.45, 2.75) is 10.1 Å². The molecule has 0 saturated carbocycles. The Hall–Kier alpha value is -2.75. The summed E-state index contributed by atoms with van der Waals surface area (Å²) in [4.78, 5) is 22.0. The van der Waals surface area contributed by atoms with Crippen molar-refractivity contribution < 1.29 is 10.1 Å². The molecule has 3 N–H and O–H groups in total. The molecule has 2 aromatic heterocycles. The van der Waals surface area contributed by atoms with E-state index < -0.39 is 4.92 Å². The van der Waals surface area contributed by atoms with Crippen molar-refractivity contribution in [2.24, 2.45) is 10.9 Å². The van der Waals surface area contributed by atoms with Crippen LogP contribution in [0.3, 0.4) is 0 Å². The van der Waals surface area contributed by atoms with Crippen molar-refractivity contribution in [3.63, 3.8) is 0 Å². The van der Waals surface area contributed by atoms with Gasteiger partial charge in [-0.1, -0.05) is 5.16 Å². The molecule has 0 bridgehead atoms. The number of pyridine rings is 1. The van der Waals surface area contributed by atoms with Gasteiger partial charge in [-0.25, -0.2) is 9.97 Å². The third-order valence-corrected chi connectivity index (χ3v) is 3.11. The van der Waals surface area contributed by atoms with Gasteiger partial charge < -0.3 is 10.9 Å². The normalized spacial score (nSPS) is 11.3. The fraction of sp³-hybridized carbons (Fsp3) is 0. The number of oxime groups is 1. The lowest BCUT2D eigenvalue weighted by Gasteiger charge is -2.05. The molecule has 0 radical (unpaired) electrons. The quantitative estimate of drug-likeness (QED) is 0.280. The summed E-state index contributed by atoms with van der Waals surface area (Å²) >= 11 is 1.10. The summed E-state index contributed by atoms with van der Waals surface area (Å²) in [5.74, 6) is -0.271. The standard InChI is InChI=1S/C10H8N6O3S/c11-9(15-17)7-3-6(16(18)19)4-14-10(7)20-8-5-12-1-2-13-8/h1-5,17H,(H2,11,15). The molecule has 0 aliphatic heterocycles. The van der Waals surface area contributed by atoms with Gasteiger partial charge in [-0.3, -0.25) is 15.1 Å². The van der Waals surface area contributed by atoms with Crippen LogP contribution in [0.1, 0.15) is 5.56 Å². The second-order valence-corrected chi connectivity index (χ2v) is 4.44. The number of aromatic nitrogens is 3. The van der Waals surface area contributed by atoms with Gasteiger partial charge in [-0.2, -0.15) is 0 Å². The van der Waals surface area contributed by atoms with Gasteiger partial charge in [0.05, 0.1) is 16.7 Å². The van der Waals surface area contributed by atoms with E-state index in [0.717, 1.165) is 18.0 Å². The third-order valence-electron chi connectivity index (χ3n) is 2.17. The van der Waals surface area contributed by atoms with Crippen LogP contribution in [0.4, 0.5) is 5.69 Å². The molecule has 0 aliphatic rings. The van der Waals surface area contributed by atoms with Crippen LogP contribution in [0.5, 0.6) is 0 Å². The van der Waals surface area contributed by atoms with Crippen molar-refractivity contribution in [2.75, 3.05) is 0 Å². The Kier molecular flexibility index (Phi) is 4.05. The molecule has 2 rings (SSSR count). The minimum absolute atomic E-state index is 0.150. The summed E-state index contributed by atoms with van der Waals surface area (Å²) in [6, 6.07) is 1.18. The second-order valence-electron chi connectivity index (χ2n) is 3.43. The Morgan fingerprint density at radius 3 is 2.80 bits per heavy atom. The number of rotatable bonds is 4. The average molecular weight is 292 g/mol. The number of hydrogen-bond acceptors (Lipinski definition) is 8. The van der Waals surface area contributed by atoms with Crippen molar-refractivity contribution in [3.8, 4) is 0 Å². The lowest BCUT2D eigenvalue weighted by molar-refractivity contribution is -0.385. The van der Waals surface area contributed by atoms with Gasteiger partial charge in [0.25, 0.3) is 5.69 Å². The Morgan fingerprint density at radius 2 is 2.20 bits per heavy atom. The Bertz CT molecular complexity index is 663. The highest BCUT2D eigenvalue weighted by Crippen LogP contribution is 2.28. The summed E-state index contributed by atoms with van der Waals surface area (Å²) in [7, 11) is 0. The van der Waals surface area contributed by atoms with Crippen LogP contribution in [0.2, 0.25) is 0 Å². The number of nitrogens with two attached hydrogens (primary N) is 1. The van der Waals surface area contributed by atoms with E-state index in [9.17, 15) is 10.1 Å². The first kappa shape index (κ1) is 13.7. The van der Waals surface area contributed by atoms with Gasteiger partial charge in [0.1, 0.15) is 16.2 Å². The smallest absolute Gasteiger partial charge is 0.288 e. The highest BCUT2D eigenvalue weighted by atomic mass is 32.2. The molecular weight excluding hydrogens is 284 g/mol. The van der Waals surface area contributed by atoms with E-state index >= 15 is 0 Å². The lowest BCUT2D eigenvalue weighted by Crippen LogP contribution is -2.15. The third kappa shape index (κ3) is 2.98. The first-order valence-corrected chi connectivity index (χ1v) is 5.99. The van der Waals surface area contributed by atoms with Gasteiger partial charge in [-0.15, -0.1) is 0 Å². The predicted octanol–water partition coefficient (Wildman–Crippen LogP) is 1.03. The van der Waals surface area contributed by atoms with E-state index in [2.05, 4.69) is 20.1 Å². The zero-order valence-corrected chi connectivity index (χ0v) is 10.7. The van der Waals surface area contributed by atoms with E-state index in [4.69, 9.17) is 10.9 Å². The van der Waals surface area contributed by atoms with Crippen molar-refractivity contribution in [1.82, 2.24) is 15.0 Å². The van der Waals surface area contributed by atoms with E-state index in [-0.39, 0.29) is 17.1 Å². The van der Waals surface area contributed by atoms with Crippen LogP contribution in [-0.2, 0) is 0 Å². The SMILES string of the molecule is NC(=NO)c1cc([N+](=O)[O-])cnc1Sc1cnccn1. The zero-order chi connectivity index (χ0) is 14.5. The summed E-state index contributed by atoms with van der Waals surface area (Å²) < 4.78 is 0. The summed E-state index contributed by atoms with van der Waals surface area (Å²) in [5, 5.41) is 23.2. The van der Waals surface area contributed by atoms with Crippen LogP contribution in [0.15, 0.2) is 46.1 Å². The van der Waals surface area contributed by atoms with E-state index in [1.165, 1.54) is 24.7 Å². The van der Waals surface area contributed by atoms with Crippen molar-refractivity contribution >= 4 is 23.3 Å². The molecule has 20 heavy (non-hydrogen) atoms. The second kappa shape index (κ2) is 5.93. The van der Waals surface area contributed by atoms with Crippen molar-refractivity contribution in [3.05, 3.63) is 46.5 Å².